The van der Waals surface area contributed by atoms with Gasteiger partial charge in [-0.3, -0.25) is 0 Å². The first-order valence-electron chi connectivity index (χ1n) is 7.23. The van der Waals surface area contributed by atoms with E-state index < -0.39 is 17.8 Å². The van der Waals surface area contributed by atoms with E-state index in [9.17, 15) is 8.78 Å². The Morgan fingerprint density at radius 2 is 1.75 bits per heavy atom. The van der Waals surface area contributed by atoms with E-state index in [2.05, 4.69) is 11.8 Å². The van der Waals surface area contributed by atoms with E-state index >= 15 is 0 Å². The maximum absolute atomic E-state index is 14.1. The SMILES string of the molecule is CC12COC(CC3CCCCC#CC3(F)F)(OC1)OC2. The van der Waals surface area contributed by atoms with Crippen LogP contribution in [0.3, 0.4) is 0 Å². The molecular weight excluding hydrogens is 266 g/mol. The number of ether oxygens (including phenoxy) is 3. The van der Waals surface area contributed by atoms with Crippen LogP contribution in [-0.4, -0.2) is 31.7 Å². The summed E-state index contributed by atoms with van der Waals surface area (Å²) < 4.78 is 45.1. The topological polar surface area (TPSA) is 27.7 Å². The van der Waals surface area contributed by atoms with Crippen LogP contribution in [0.2, 0.25) is 0 Å². The predicted molar refractivity (Wildman–Crippen MR) is 68.0 cm³/mol. The molecule has 1 aliphatic carbocycles. The predicted octanol–water partition coefficient (Wildman–Crippen LogP) is 2.94. The van der Waals surface area contributed by atoms with Gasteiger partial charge in [-0.25, -0.2) is 0 Å². The largest absolute Gasteiger partial charge is 0.327 e. The first-order valence-corrected chi connectivity index (χ1v) is 7.23. The quantitative estimate of drug-likeness (QED) is 0.730. The molecule has 0 aromatic heterocycles. The second kappa shape index (κ2) is 4.94. The van der Waals surface area contributed by atoms with Crippen molar-refractivity contribution in [3.63, 3.8) is 0 Å². The molecule has 2 bridgehead atoms. The minimum Gasteiger partial charge on any atom is -0.327 e. The van der Waals surface area contributed by atoms with Crippen molar-refractivity contribution < 1.29 is 23.0 Å². The van der Waals surface area contributed by atoms with Crippen molar-refractivity contribution in [3.05, 3.63) is 0 Å². The zero-order valence-electron chi connectivity index (χ0n) is 11.7. The average Bonchev–Trinajstić information content (AvgIpc) is 2.41. The van der Waals surface area contributed by atoms with Gasteiger partial charge < -0.3 is 14.2 Å². The molecule has 0 aromatic carbocycles. The van der Waals surface area contributed by atoms with Crippen LogP contribution in [0.1, 0.15) is 39.0 Å². The molecule has 112 valence electrons. The Hall–Kier alpha value is -0.700. The van der Waals surface area contributed by atoms with Crippen LogP contribution < -0.4 is 0 Å². The Morgan fingerprint density at radius 1 is 1.10 bits per heavy atom. The summed E-state index contributed by atoms with van der Waals surface area (Å²) in [6.07, 6.45) is 2.65. The zero-order chi connectivity index (χ0) is 14.3. The van der Waals surface area contributed by atoms with Gasteiger partial charge in [-0.1, -0.05) is 19.3 Å². The fraction of sp³-hybridized carbons (Fsp3) is 0.867. The molecule has 1 unspecified atom stereocenters. The van der Waals surface area contributed by atoms with Crippen molar-refractivity contribution in [2.45, 2.75) is 50.9 Å². The van der Waals surface area contributed by atoms with Crippen LogP contribution in [0.15, 0.2) is 0 Å². The molecular formula is C15H20F2O3. The van der Waals surface area contributed by atoms with Crippen LogP contribution in [-0.2, 0) is 14.2 Å². The highest BCUT2D eigenvalue weighted by atomic mass is 19.3. The molecule has 5 heteroatoms. The molecule has 0 spiro atoms. The van der Waals surface area contributed by atoms with Crippen molar-refractivity contribution in [2.75, 3.05) is 19.8 Å². The number of hydrogen-bond donors (Lipinski definition) is 0. The summed E-state index contributed by atoms with van der Waals surface area (Å²) >= 11 is 0. The van der Waals surface area contributed by atoms with Gasteiger partial charge >= 0.3 is 5.92 Å². The number of rotatable bonds is 2. The van der Waals surface area contributed by atoms with Crippen molar-refractivity contribution in [1.29, 1.82) is 0 Å². The highest BCUT2D eigenvalue weighted by molar-refractivity contribution is 5.13. The van der Waals surface area contributed by atoms with Gasteiger partial charge in [-0.2, -0.15) is 8.78 Å². The second-order valence-electron chi connectivity index (χ2n) is 6.43. The van der Waals surface area contributed by atoms with Gasteiger partial charge in [0.25, 0.3) is 5.97 Å². The highest BCUT2D eigenvalue weighted by Crippen LogP contribution is 2.44. The van der Waals surface area contributed by atoms with Crippen LogP contribution in [0, 0.1) is 23.2 Å². The van der Waals surface area contributed by atoms with E-state index in [0.717, 1.165) is 12.8 Å². The zero-order valence-corrected chi connectivity index (χ0v) is 11.7. The van der Waals surface area contributed by atoms with Gasteiger partial charge in [0.05, 0.1) is 19.8 Å². The van der Waals surface area contributed by atoms with Gasteiger partial charge in [0, 0.05) is 24.2 Å². The standard InChI is InChI=1S/C15H20F2O3/c1-13-9-18-15(19-10-13,20-11-13)8-12-6-4-2-3-5-7-14(12,16)17/h12H,2-4,6,8-11H2,1H3. The molecule has 3 fully saturated rings. The molecule has 20 heavy (non-hydrogen) atoms. The summed E-state index contributed by atoms with van der Waals surface area (Å²) in [5.74, 6) is -0.478. The molecule has 0 aromatic rings. The number of fused-ring (bicyclic) bond motifs is 3. The fourth-order valence-electron chi connectivity index (χ4n) is 2.88. The normalized spacial score (nSPS) is 43.2. The summed E-state index contributed by atoms with van der Waals surface area (Å²) in [7, 11) is 0. The molecule has 0 radical (unpaired) electrons. The lowest BCUT2D eigenvalue weighted by Gasteiger charge is -2.51. The van der Waals surface area contributed by atoms with Crippen molar-refractivity contribution in [1.82, 2.24) is 0 Å². The Labute approximate surface area is 118 Å². The number of hydrogen-bond acceptors (Lipinski definition) is 3. The van der Waals surface area contributed by atoms with Crippen molar-refractivity contribution >= 4 is 0 Å². The number of halogens is 2. The molecule has 4 aliphatic rings. The molecule has 0 saturated carbocycles. The van der Waals surface area contributed by atoms with Crippen molar-refractivity contribution in [2.24, 2.45) is 11.3 Å². The third-order valence-electron chi connectivity index (χ3n) is 4.29. The Kier molecular flexibility index (Phi) is 3.52. The van der Waals surface area contributed by atoms with E-state index in [1.165, 1.54) is 0 Å². The van der Waals surface area contributed by atoms with E-state index in [0.29, 0.717) is 32.7 Å². The smallest absolute Gasteiger partial charge is 0.311 e. The summed E-state index contributed by atoms with van der Waals surface area (Å²) in [4.78, 5) is 0. The Balaban J connectivity index is 1.73. The third kappa shape index (κ3) is 2.69. The van der Waals surface area contributed by atoms with Gasteiger partial charge in [-0.05, 0) is 18.8 Å². The lowest BCUT2D eigenvalue weighted by molar-refractivity contribution is -0.472. The lowest BCUT2D eigenvalue weighted by atomic mass is 9.86. The van der Waals surface area contributed by atoms with Crippen LogP contribution in [0.4, 0.5) is 8.78 Å². The third-order valence-corrected chi connectivity index (χ3v) is 4.29. The number of alkyl halides is 2. The Bertz CT molecular complexity index is 414. The van der Waals surface area contributed by atoms with Gasteiger partial charge in [-0.15, -0.1) is 0 Å². The maximum Gasteiger partial charge on any atom is 0.311 e. The molecule has 3 aliphatic heterocycles. The monoisotopic (exact) mass is 286 g/mol. The first-order chi connectivity index (χ1) is 9.43. The molecule has 1 atom stereocenters. The molecule has 4 rings (SSSR count). The Morgan fingerprint density at radius 3 is 2.40 bits per heavy atom. The molecule has 0 N–H and O–H groups in total. The summed E-state index contributed by atoms with van der Waals surface area (Å²) in [5, 5.41) is 0. The van der Waals surface area contributed by atoms with E-state index in [1.807, 2.05) is 6.92 Å². The molecule has 3 saturated heterocycles. The maximum atomic E-state index is 14.1. The molecule has 0 amide bonds. The molecule has 3 heterocycles. The second-order valence-corrected chi connectivity index (χ2v) is 6.43. The first kappa shape index (κ1) is 14.2. The van der Waals surface area contributed by atoms with Gasteiger partial charge in [0.2, 0.25) is 0 Å². The average molecular weight is 286 g/mol. The van der Waals surface area contributed by atoms with Crippen LogP contribution >= 0.6 is 0 Å². The summed E-state index contributed by atoms with van der Waals surface area (Å²) in [6, 6.07) is 0. The van der Waals surface area contributed by atoms with E-state index in [-0.39, 0.29) is 11.8 Å². The minimum atomic E-state index is -3.00. The van der Waals surface area contributed by atoms with Gasteiger partial charge in [0.15, 0.2) is 0 Å². The fourth-order valence-corrected chi connectivity index (χ4v) is 2.88. The van der Waals surface area contributed by atoms with E-state index in [1.54, 1.807) is 0 Å². The van der Waals surface area contributed by atoms with Gasteiger partial charge in [0.1, 0.15) is 0 Å². The van der Waals surface area contributed by atoms with Crippen molar-refractivity contribution in [3.8, 4) is 11.8 Å². The minimum absolute atomic E-state index is 0.0464. The van der Waals surface area contributed by atoms with Crippen LogP contribution in [0.25, 0.3) is 0 Å². The molecule has 3 nitrogen and oxygen atoms in total. The van der Waals surface area contributed by atoms with Crippen LogP contribution in [0.5, 0.6) is 0 Å². The van der Waals surface area contributed by atoms with E-state index in [4.69, 9.17) is 14.2 Å². The highest BCUT2D eigenvalue weighted by Gasteiger charge is 2.54. The lowest BCUT2D eigenvalue weighted by Crippen LogP contribution is -2.60. The summed E-state index contributed by atoms with van der Waals surface area (Å²) in [6.45, 7) is 3.50. The summed E-state index contributed by atoms with van der Waals surface area (Å²) in [5.41, 5.74) is -0.148.